The molecular weight excluding hydrogens is 797 g/mol. The fourth-order valence-corrected chi connectivity index (χ4v) is 9.02. The molecule has 3 aliphatic heterocycles. The van der Waals surface area contributed by atoms with E-state index >= 15 is 0 Å². The number of hydrogen-bond donors (Lipinski definition) is 3. The van der Waals surface area contributed by atoms with E-state index in [9.17, 15) is 24.3 Å². The highest BCUT2D eigenvalue weighted by Crippen LogP contribution is 2.32. The van der Waals surface area contributed by atoms with Crippen LogP contribution in [0.15, 0.2) is 110 Å². The van der Waals surface area contributed by atoms with Crippen LogP contribution in [0.1, 0.15) is 33.5 Å². The normalized spacial score (nSPS) is 18.7. The molecule has 5 heterocycles. The van der Waals surface area contributed by atoms with Gasteiger partial charge in [0, 0.05) is 83.8 Å². The van der Waals surface area contributed by atoms with E-state index in [2.05, 4.69) is 39.0 Å². The van der Waals surface area contributed by atoms with Gasteiger partial charge in [0.05, 0.1) is 36.1 Å². The van der Waals surface area contributed by atoms with Crippen molar-refractivity contribution in [2.45, 2.75) is 38.0 Å². The number of hydrogen-bond acceptors (Lipinski definition) is 10. The van der Waals surface area contributed by atoms with Crippen molar-refractivity contribution < 1.29 is 24.3 Å². The number of aromatic nitrogens is 2. The van der Waals surface area contributed by atoms with Gasteiger partial charge in [-0.1, -0.05) is 66.7 Å². The van der Waals surface area contributed by atoms with Gasteiger partial charge in [-0.15, -0.1) is 6.58 Å². The van der Waals surface area contributed by atoms with Crippen LogP contribution in [0, 0.1) is 0 Å². The molecule has 3 saturated heterocycles. The standard InChI is InChI=1S/C48H56N10O5/c1-4-22-56-33-45(61)57-41(28-35-13-17-38(59)18-14-35)48(63)55(32-43(57)58(56)44(60)20-15-34-9-6-5-7-10-34)30-36-11-8-12-39-40(31-53(3)46(36)39)47(62)51-37-16-19-42(50-29-37)49-21-23-54-26-24-52(2)25-27-54/h4-14,16-19,29,31,41,43,59H,1,15,20-28,30,32-33H2,2-3H3,(H,49,50)(H,51,62). The summed E-state index contributed by atoms with van der Waals surface area (Å²) in [5, 5.41) is 20.5. The maximum Gasteiger partial charge on any atom is 0.257 e. The maximum absolute atomic E-state index is 14.8. The van der Waals surface area contributed by atoms with Crippen LogP contribution in [0.3, 0.4) is 0 Å². The number of benzene rings is 3. The van der Waals surface area contributed by atoms with Gasteiger partial charge in [0.25, 0.3) is 5.91 Å². The molecule has 3 N–H and O–H groups in total. The summed E-state index contributed by atoms with van der Waals surface area (Å²) in [6, 6.07) is 24.9. The molecule has 15 heteroatoms. The molecule has 3 fully saturated rings. The number of rotatable bonds is 15. The third kappa shape index (κ3) is 9.75. The number of aryl methyl sites for hydroxylation is 2. The summed E-state index contributed by atoms with van der Waals surface area (Å²) in [7, 11) is 4.02. The summed E-state index contributed by atoms with van der Waals surface area (Å²) in [5.41, 5.74) is 4.41. The van der Waals surface area contributed by atoms with Crippen LogP contribution in [0.25, 0.3) is 10.9 Å². The number of phenolic OH excluding ortho intramolecular Hbond substituents is 1. The largest absolute Gasteiger partial charge is 0.508 e. The summed E-state index contributed by atoms with van der Waals surface area (Å²) in [6.45, 7) is 10.3. The fraction of sp³-hybridized carbons (Fsp3) is 0.354. The van der Waals surface area contributed by atoms with Crippen LogP contribution in [0.4, 0.5) is 11.5 Å². The minimum Gasteiger partial charge on any atom is -0.508 e. The number of fused-ring (bicyclic) bond motifs is 2. The molecule has 0 radical (unpaired) electrons. The highest BCUT2D eigenvalue weighted by Gasteiger charge is 2.51. The fourth-order valence-electron chi connectivity index (χ4n) is 9.02. The molecule has 4 amide bonds. The number of hydrazine groups is 1. The number of nitrogens with zero attached hydrogens (tertiary/aromatic N) is 8. The Morgan fingerprint density at radius 1 is 0.921 bits per heavy atom. The molecule has 3 aromatic carbocycles. The summed E-state index contributed by atoms with van der Waals surface area (Å²) >= 11 is 0. The lowest BCUT2D eigenvalue weighted by atomic mass is 9.97. The first-order valence-corrected chi connectivity index (χ1v) is 21.6. The van der Waals surface area contributed by atoms with Crippen LogP contribution in [-0.2, 0) is 40.8 Å². The van der Waals surface area contributed by atoms with E-state index in [4.69, 9.17) is 0 Å². The summed E-state index contributed by atoms with van der Waals surface area (Å²) in [6.07, 6.45) is 5.23. The van der Waals surface area contributed by atoms with E-state index in [1.54, 1.807) is 62.6 Å². The Hall–Kier alpha value is -6.55. The molecule has 2 aromatic heterocycles. The zero-order valence-corrected chi connectivity index (χ0v) is 36.0. The Labute approximate surface area is 368 Å². The van der Waals surface area contributed by atoms with E-state index in [1.165, 1.54) is 0 Å². The van der Waals surface area contributed by atoms with Crippen molar-refractivity contribution in [3.8, 4) is 5.75 Å². The van der Waals surface area contributed by atoms with Crippen molar-refractivity contribution in [2.24, 2.45) is 7.05 Å². The van der Waals surface area contributed by atoms with Gasteiger partial charge in [-0.3, -0.25) is 24.1 Å². The zero-order chi connectivity index (χ0) is 44.0. The predicted molar refractivity (Wildman–Crippen MR) is 243 cm³/mol. The van der Waals surface area contributed by atoms with Crippen molar-refractivity contribution in [1.29, 1.82) is 0 Å². The second-order valence-corrected chi connectivity index (χ2v) is 16.7. The number of anilines is 2. The van der Waals surface area contributed by atoms with E-state index in [0.717, 1.165) is 72.7 Å². The molecule has 5 aromatic rings. The molecule has 0 aliphatic carbocycles. The lowest BCUT2D eigenvalue weighted by Crippen LogP contribution is -2.75. The monoisotopic (exact) mass is 852 g/mol. The predicted octanol–water partition coefficient (Wildman–Crippen LogP) is 4.18. The number of amides is 4. The van der Waals surface area contributed by atoms with Crippen LogP contribution in [0.2, 0.25) is 0 Å². The number of para-hydroxylation sites is 1. The van der Waals surface area contributed by atoms with Gasteiger partial charge >= 0.3 is 0 Å². The van der Waals surface area contributed by atoms with Crippen molar-refractivity contribution in [3.63, 3.8) is 0 Å². The van der Waals surface area contributed by atoms with Gasteiger partial charge in [-0.05, 0) is 54.4 Å². The molecule has 0 spiro atoms. The Morgan fingerprint density at radius 2 is 1.70 bits per heavy atom. The molecule has 328 valence electrons. The number of nitrogens with one attached hydrogen (secondary N) is 2. The molecule has 15 nitrogen and oxygen atoms in total. The summed E-state index contributed by atoms with van der Waals surface area (Å²) in [5.74, 6) is -0.132. The van der Waals surface area contributed by atoms with Crippen LogP contribution in [0.5, 0.6) is 5.75 Å². The maximum atomic E-state index is 14.8. The molecule has 8 rings (SSSR count). The number of likely N-dealkylation sites (N-methyl/N-ethyl adjacent to an activating group) is 1. The molecule has 0 bridgehead atoms. The van der Waals surface area contributed by atoms with Crippen molar-refractivity contribution in [3.05, 3.63) is 132 Å². The van der Waals surface area contributed by atoms with Crippen LogP contribution >= 0.6 is 0 Å². The van der Waals surface area contributed by atoms with Crippen molar-refractivity contribution in [1.82, 2.24) is 39.2 Å². The van der Waals surface area contributed by atoms with Gasteiger partial charge in [0.1, 0.15) is 23.8 Å². The molecule has 2 unspecified atom stereocenters. The van der Waals surface area contributed by atoms with E-state index in [-0.39, 0.29) is 68.4 Å². The number of phenols is 1. The van der Waals surface area contributed by atoms with E-state index in [1.807, 2.05) is 72.3 Å². The number of aromatic hydroxyl groups is 1. The Balaban J connectivity index is 1.03. The second kappa shape index (κ2) is 19.2. The SMILES string of the molecule is C=CCN1CC(=O)N2C(Cc3ccc(O)cc3)C(=O)N(Cc3cccc4c(C(=O)Nc5ccc(NCCN6CCN(C)CC6)nc5)cn(C)c34)CC2N1C(=O)CCc1ccccc1. The van der Waals surface area contributed by atoms with Crippen LogP contribution in [-0.4, -0.2) is 146 Å². The molecule has 0 saturated carbocycles. The number of piperazine rings is 2. The Kier molecular flexibility index (Phi) is 13.2. The molecular formula is C48H56N10O5. The minimum atomic E-state index is -0.919. The van der Waals surface area contributed by atoms with Gasteiger partial charge in [-0.25, -0.2) is 15.0 Å². The molecule has 3 aliphatic rings. The first-order valence-electron chi connectivity index (χ1n) is 21.6. The number of carbonyl (C=O) groups is 4. The van der Waals surface area contributed by atoms with Gasteiger partial charge in [0.15, 0.2) is 0 Å². The van der Waals surface area contributed by atoms with Gasteiger partial charge in [0.2, 0.25) is 17.7 Å². The highest BCUT2D eigenvalue weighted by atomic mass is 16.3. The minimum absolute atomic E-state index is 0.0726. The third-order valence-corrected chi connectivity index (χ3v) is 12.3. The quantitative estimate of drug-likeness (QED) is 0.131. The van der Waals surface area contributed by atoms with Crippen molar-refractivity contribution >= 4 is 46.0 Å². The van der Waals surface area contributed by atoms with E-state index in [0.29, 0.717) is 17.7 Å². The number of pyridine rings is 1. The van der Waals surface area contributed by atoms with Crippen LogP contribution < -0.4 is 10.6 Å². The van der Waals surface area contributed by atoms with E-state index < -0.39 is 12.2 Å². The molecule has 2 atom stereocenters. The first-order chi connectivity index (χ1) is 30.6. The number of carbonyl (C=O) groups excluding carboxylic acids is 4. The topological polar surface area (TPSA) is 150 Å². The lowest BCUT2D eigenvalue weighted by Gasteiger charge is -2.55. The highest BCUT2D eigenvalue weighted by molar-refractivity contribution is 6.13. The lowest BCUT2D eigenvalue weighted by molar-refractivity contribution is -0.205. The zero-order valence-electron chi connectivity index (χ0n) is 36.0. The van der Waals surface area contributed by atoms with Gasteiger partial charge in [-0.2, -0.15) is 0 Å². The first kappa shape index (κ1) is 43.1. The van der Waals surface area contributed by atoms with Crippen molar-refractivity contribution in [2.75, 3.05) is 76.6 Å². The second-order valence-electron chi connectivity index (χ2n) is 16.7. The van der Waals surface area contributed by atoms with Gasteiger partial charge < -0.3 is 35.0 Å². The summed E-state index contributed by atoms with van der Waals surface area (Å²) in [4.78, 5) is 69.7. The Bertz CT molecular complexity index is 2430. The average molecular weight is 853 g/mol. The smallest absolute Gasteiger partial charge is 0.257 e. The summed E-state index contributed by atoms with van der Waals surface area (Å²) < 4.78 is 1.90. The average Bonchev–Trinajstić information content (AvgIpc) is 3.63. The molecule has 63 heavy (non-hydrogen) atoms. The third-order valence-electron chi connectivity index (χ3n) is 12.3. The Morgan fingerprint density at radius 3 is 2.43 bits per heavy atom.